The first-order valence-electron chi connectivity index (χ1n) is 52.7. The van der Waals surface area contributed by atoms with E-state index in [1.165, 1.54) is 110 Å². The number of fused-ring (bicyclic) bond motifs is 12. The number of rotatable bonds is 20. The Morgan fingerprint density at radius 1 is 0.180 bits per heavy atom. The van der Waals surface area contributed by atoms with Crippen molar-refractivity contribution in [2.24, 2.45) is 0 Å². The predicted octanol–water partition coefficient (Wildman–Crippen LogP) is 41.9. The molecule has 8 heteroatoms. The van der Waals surface area contributed by atoms with Gasteiger partial charge >= 0.3 is 0 Å². The Hall–Kier alpha value is -18.2. The Balaban J connectivity index is 0.000000148. The van der Waals surface area contributed by atoms with Gasteiger partial charge < -0.3 is 37.3 Å². The molecule has 720 valence electrons. The van der Waals surface area contributed by atoms with Crippen LogP contribution < -0.4 is 19.6 Å². The first-order chi connectivity index (χ1) is 73.6. The number of hydrogen-bond donors (Lipinski definition) is 0. The van der Waals surface area contributed by atoms with Crippen LogP contribution in [0.3, 0.4) is 0 Å². The van der Waals surface area contributed by atoms with Crippen molar-refractivity contribution in [1.82, 2.24) is 0 Å². The minimum absolute atomic E-state index is 0.359. The van der Waals surface area contributed by atoms with Gasteiger partial charge in [-0.15, -0.1) is 0 Å². The molecule has 28 rings (SSSR count). The number of aryl methyl sites for hydroxylation is 6. The van der Waals surface area contributed by atoms with E-state index in [4.69, 9.17) is 17.7 Å². The van der Waals surface area contributed by atoms with Crippen LogP contribution in [0, 0.1) is 27.7 Å². The van der Waals surface area contributed by atoms with Crippen LogP contribution in [0.4, 0.5) is 68.2 Å². The van der Waals surface area contributed by atoms with Crippen LogP contribution in [-0.2, 0) is 12.8 Å². The van der Waals surface area contributed by atoms with Crippen LogP contribution in [0.25, 0.3) is 197 Å². The van der Waals surface area contributed by atoms with E-state index in [2.05, 4.69) is 526 Å². The second-order valence-electron chi connectivity index (χ2n) is 41.1. The highest BCUT2D eigenvalue weighted by Gasteiger charge is 2.33. The summed E-state index contributed by atoms with van der Waals surface area (Å²) >= 11 is 0. The van der Waals surface area contributed by atoms with E-state index in [0.29, 0.717) is 11.8 Å². The van der Waals surface area contributed by atoms with Crippen LogP contribution in [-0.4, -0.2) is 0 Å². The van der Waals surface area contributed by atoms with Crippen LogP contribution >= 0.6 is 0 Å². The molecule has 8 nitrogen and oxygen atoms in total. The zero-order chi connectivity index (χ0) is 101. The maximum absolute atomic E-state index is 7.26. The molecule has 0 saturated carbocycles. The third kappa shape index (κ3) is 14.8. The van der Waals surface area contributed by atoms with Crippen molar-refractivity contribution in [3.8, 4) is 44.5 Å². The van der Waals surface area contributed by atoms with Crippen molar-refractivity contribution in [1.29, 1.82) is 0 Å². The molecular formula is C142H108N4O4. The van der Waals surface area contributed by atoms with E-state index in [1.54, 1.807) is 0 Å². The average molecular weight is 1930 g/mol. The number of nitrogens with zero attached hydrogens (tertiary/aromatic N) is 4. The van der Waals surface area contributed by atoms with Gasteiger partial charge in [0.15, 0.2) is 22.3 Å². The predicted molar refractivity (Wildman–Crippen MR) is 636 cm³/mol. The minimum Gasteiger partial charge on any atom is -0.453 e. The molecule has 0 amide bonds. The molecule has 0 atom stereocenters. The zero-order valence-electron chi connectivity index (χ0n) is 85.6. The van der Waals surface area contributed by atoms with Crippen molar-refractivity contribution in [3.05, 3.63) is 481 Å². The first kappa shape index (κ1) is 90.5. The van der Waals surface area contributed by atoms with Gasteiger partial charge in [-0.2, -0.15) is 0 Å². The highest BCUT2D eigenvalue weighted by Crippen LogP contribution is 2.57. The van der Waals surface area contributed by atoms with Gasteiger partial charge in [-0.1, -0.05) is 381 Å². The van der Waals surface area contributed by atoms with Crippen LogP contribution in [0.5, 0.6) is 0 Å². The molecule has 4 aromatic heterocycles. The lowest BCUT2D eigenvalue weighted by molar-refractivity contribution is 0.669. The zero-order valence-corrected chi connectivity index (χ0v) is 85.6. The maximum Gasteiger partial charge on any atom is 0.159 e. The summed E-state index contributed by atoms with van der Waals surface area (Å²) in [6.45, 7) is 22.2. The molecule has 4 heterocycles. The number of para-hydroxylation sites is 8. The summed E-state index contributed by atoms with van der Waals surface area (Å²) in [5, 5.41) is 23.0. The largest absolute Gasteiger partial charge is 0.453 e. The summed E-state index contributed by atoms with van der Waals surface area (Å²) in [7, 11) is 0. The van der Waals surface area contributed by atoms with E-state index < -0.39 is 0 Å². The number of benzene rings is 24. The van der Waals surface area contributed by atoms with E-state index in [9.17, 15) is 0 Å². The standard InChI is InChI=1S/C72H56N2O2.C70H52N2O2/c1-43(2)51-21-7-9-23-53(51)55-25-13-27-57-59-29-15-31-65(71(59)75-69(55)57)73(49-19-11-17-45(5)41-49)63-39-35-47-34-38-62-64(40-36-48-33-37-61(63)67(47)68(48)62)74(50-20-12-18-46(6)42-50)66-32-16-30-60-58-28-14-26-56(70(58)76-72(60)66)54-24-10-8-22-52(54)44(3)4;1-5-45-19-7-9-23-51(45)53-25-13-27-55-57-29-15-31-63(69(57)73-67(53)55)71(49-21-11-17-43(3)41-49)61-39-35-47-34-38-60-62(40-36-48-33-37-59(61)65(47)66(48)60)72(50-22-12-18-44(4)42-50)64-32-16-30-58-56-28-14-26-54(68(56)74-70(58)64)52-24-10-8-20-46(52)6-2/h7-44H,1-6H3;7-42H,5-6H2,1-4H3. The molecule has 0 aliphatic rings. The van der Waals surface area contributed by atoms with E-state index in [-0.39, 0.29) is 0 Å². The van der Waals surface area contributed by atoms with Gasteiger partial charge in [0.05, 0.1) is 45.5 Å². The van der Waals surface area contributed by atoms with Gasteiger partial charge in [0.25, 0.3) is 0 Å². The minimum atomic E-state index is 0.359. The third-order valence-electron chi connectivity index (χ3n) is 31.3. The van der Waals surface area contributed by atoms with Crippen LogP contribution in [0.2, 0.25) is 0 Å². The monoisotopic (exact) mass is 1930 g/mol. The van der Waals surface area contributed by atoms with Crippen LogP contribution in [0.1, 0.15) is 97.9 Å². The normalized spacial score (nSPS) is 12.0. The molecule has 24 aromatic carbocycles. The quantitative estimate of drug-likeness (QED) is 0.0700. The molecule has 0 saturated heterocycles. The first-order valence-corrected chi connectivity index (χ1v) is 52.7. The molecule has 0 fully saturated rings. The summed E-state index contributed by atoms with van der Waals surface area (Å²) in [6, 6.07) is 160. The number of hydrogen-bond acceptors (Lipinski definition) is 8. The SMILES string of the molecule is CCc1ccccc1-c1cccc2c1oc1c(N(c3cccc(C)c3)c3ccc4ccc5c(N(c6cccc(C)c6)c6cccc7c6oc6c(-c8ccccc8CC)cccc67)ccc6ccc3c4c65)cccc12.Cc1cccc(N(c2ccc3ccc4c(N(c5cccc(C)c5)c5cccc6c5oc5c(-c7ccccc7C(C)C)cccc56)ccc5ccc2c3c54)c2cccc3c2oc2c(-c4ccccc4C(C)C)cccc23)c1. The lowest BCUT2D eigenvalue weighted by Crippen LogP contribution is -2.12. The highest BCUT2D eigenvalue weighted by atomic mass is 16.3. The summed E-state index contributed by atoms with van der Waals surface area (Å²) in [5.41, 5.74) is 38.8. The second kappa shape index (κ2) is 36.5. The molecule has 0 aliphatic carbocycles. The van der Waals surface area contributed by atoms with Crippen molar-refractivity contribution < 1.29 is 17.7 Å². The fourth-order valence-corrected chi connectivity index (χ4v) is 24.5. The molecule has 0 spiro atoms. The molecule has 0 unspecified atom stereocenters. The lowest BCUT2D eigenvalue weighted by Gasteiger charge is -2.29. The average Bonchev–Trinajstić information content (AvgIpc) is 0.921. The summed E-state index contributed by atoms with van der Waals surface area (Å²) < 4.78 is 28.9. The Labute approximate surface area is 871 Å². The highest BCUT2D eigenvalue weighted by molar-refractivity contribution is 6.32. The molecule has 0 N–H and O–H groups in total. The fourth-order valence-electron chi connectivity index (χ4n) is 24.5. The van der Waals surface area contributed by atoms with Gasteiger partial charge in [-0.3, -0.25) is 0 Å². The molecule has 0 aliphatic heterocycles. The van der Waals surface area contributed by atoms with Crippen molar-refractivity contribution >= 4 is 221 Å². The van der Waals surface area contributed by atoms with E-state index in [0.717, 1.165) is 213 Å². The fraction of sp³-hybridized carbons (Fsp3) is 0.0986. The Morgan fingerprint density at radius 2 is 0.393 bits per heavy atom. The Kier molecular flexibility index (Phi) is 22.0. The maximum atomic E-state index is 7.26. The van der Waals surface area contributed by atoms with E-state index in [1.807, 2.05) is 0 Å². The van der Waals surface area contributed by atoms with Crippen molar-refractivity contribution in [3.63, 3.8) is 0 Å². The summed E-state index contributed by atoms with van der Waals surface area (Å²) in [6.07, 6.45) is 1.87. The van der Waals surface area contributed by atoms with Gasteiger partial charge in [0.2, 0.25) is 0 Å². The molecule has 0 bridgehead atoms. The summed E-state index contributed by atoms with van der Waals surface area (Å²) in [4.78, 5) is 9.67. The lowest BCUT2D eigenvalue weighted by atomic mass is 9.91. The summed E-state index contributed by atoms with van der Waals surface area (Å²) in [5.74, 6) is 0.717. The van der Waals surface area contributed by atoms with Crippen molar-refractivity contribution in [2.75, 3.05) is 19.6 Å². The van der Waals surface area contributed by atoms with Gasteiger partial charge in [0, 0.05) is 110 Å². The second-order valence-corrected chi connectivity index (χ2v) is 41.1. The van der Waals surface area contributed by atoms with E-state index >= 15 is 0 Å². The molecule has 150 heavy (non-hydrogen) atoms. The smallest absolute Gasteiger partial charge is 0.159 e. The topological polar surface area (TPSA) is 65.5 Å². The molecular weight excluding hydrogens is 1830 g/mol. The van der Waals surface area contributed by atoms with Crippen LogP contribution in [0.15, 0.2) is 454 Å². The van der Waals surface area contributed by atoms with Gasteiger partial charge in [-0.05, 0) is 259 Å². The Bertz CT molecular complexity index is 9690. The Morgan fingerprint density at radius 3 is 0.647 bits per heavy atom. The number of furan rings is 4. The molecule has 28 aromatic rings. The van der Waals surface area contributed by atoms with Gasteiger partial charge in [-0.25, -0.2) is 0 Å². The number of anilines is 12. The van der Waals surface area contributed by atoms with Crippen molar-refractivity contribution in [2.45, 2.75) is 93.9 Å². The molecule has 0 radical (unpaired) electrons. The van der Waals surface area contributed by atoms with Gasteiger partial charge in [0.1, 0.15) is 22.3 Å². The third-order valence-corrected chi connectivity index (χ3v) is 31.3.